The molecule has 5 nitrogen and oxygen atoms in total. The lowest BCUT2D eigenvalue weighted by atomic mass is 10.1. The van der Waals surface area contributed by atoms with E-state index >= 15 is 0 Å². The Morgan fingerprint density at radius 3 is 2.58 bits per heavy atom. The van der Waals surface area contributed by atoms with Crippen LogP contribution in [0.25, 0.3) is 17.1 Å². The first-order valence-corrected chi connectivity index (χ1v) is 11.8. The number of rotatable bonds is 6. The van der Waals surface area contributed by atoms with Crippen molar-refractivity contribution in [3.05, 3.63) is 59.1 Å². The van der Waals surface area contributed by atoms with E-state index in [9.17, 15) is 18.0 Å². The molecule has 1 aliphatic rings. The molecule has 2 aromatic carbocycles. The summed E-state index contributed by atoms with van der Waals surface area (Å²) in [4.78, 5) is 12.7. The van der Waals surface area contributed by atoms with E-state index in [1.807, 2.05) is 0 Å². The predicted molar refractivity (Wildman–Crippen MR) is 123 cm³/mol. The molecule has 0 radical (unpaired) electrons. The third kappa shape index (κ3) is 5.35. The van der Waals surface area contributed by atoms with Gasteiger partial charge in [0.25, 0.3) is 0 Å². The molecule has 0 saturated heterocycles. The Kier molecular flexibility index (Phi) is 6.99. The highest BCUT2D eigenvalue weighted by Crippen LogP contribution is 2.38. The summed E-state index contributed by atoms with van der Waals surface area (Å²) in [6.45, 7) is 1.71. The van der Waals surface area contributed by atoms with Crippen molar-refractivity contribution in [2.75, 3.05) is 0 Å². The van der Waals surface area contributed by atoms with Crippen LogP contribution in [0.5, 0.6) is 0 Å². The van der Waals surface area contributed by atoms with Crippen LogP contribution in [0, 0.1) is 0 Å². The van der Waals surface area contributed by atoms with Gasteiger partial charge in [-0.1, -0.05) is 60.5 Å². The van der Waals surface area contributed by atoms with Crippen LogP contribution in [-0.2, 0) is 11.0 Å². The van der Waals surface area contributed by atoms with E-state index in [0.29, 0.717) is 10.6 Å². The van der Waals surface area contributed by atoms with E-state index in [0.717, 1.165) is 43.5 Å². The van der Waals surface area contributed by atoms with Crippen LogP contribution in [0.4, 0.5) is 13.2 Å². The molecule has 0 aliphatic heterocycles. The van der Waals surface area contributed by atoms with Gasteiger partial charge in [-0.05, 0) is 44.0 Å². The standard InChI is InChI=1S/C23H22ClF3N4OS/c1-14(21(32)28-17-9-2-3-10-17)33-22-30-29-20(15-7-6-8-16(24)13-15)31(22)19-12-5-4-11-18(19)23(25,26)27/h4-8,11-14,17H,2-3,9-10H2,1H3,(H,28,32). The van der Waals surface area contributed by atoms with E-state index in [1.54, 1.807) is 31.2 Å². The molecular formula is C23H22ClF3N4OS. The number of para-hydroxylation sites is 1. The predicted octanol–water partition coefficient (Wildman–Crippen LogP) is 6.15. The van der Waals surface area contributed by atoms with Crippen LogP contribution in [0.3, 0.4) is 0 Å². The molecule has 3 aromatic rings. The molecule has 1 aromatic heterocycles. The van der Waals surface area contributed by atoms with Gasteiger partial charge in [-0.2, -0.15) is 13.2 Å². The Labute approximate surface area is 198 Å². The Morgan fingerprint density at radius 2 is 1.88 bits per heavy atom. The summed E-state index contributed by atoms with van der Waals surface area (Å²) in [6, 6.07) is 12.1. The number of hydrogen-bond acceptors (Lipinski definition) is 4. The van der Waals surface area contributed by atoms with Crippen LogP contribution in [-0.4, -0.2) is 32.0 Å². The monoisotopic (exact) mass is 494 g/mol. The van der Waals surface area contributed by atoms with Crippen LogP contribution < -0.4 is 5.32 Å². The molecule has 174 valence electrons. The Morgan fingerprint density at radius 1 is 1.15 bits per heavy atom. The highest BCUT2D eigenvalue weighted by atomic mass is 35.5. The van der Waals surface area contributed by atoms with Gasteiger partial charge in [-0.25, -0.2) is 0 Å². The maximum Gasteiger partial charge on any atom is 0.418 e. The van der Waals surface area contributed by atoms with Gasteiger partial charge in [0.15, 0.2) is 11.0 Å². The van der Waals surface area contributed by atoms with Crippen LogP contribution in [0.1, 0.15) is 38.2 Å². The smallest absolute Gasteiger partial charge is 0.352 e. The zero-order valence-electron chi connectivity index (χ0n) is 17.8. The van der Waals surface area contributed by atoms with Gasteiger partial charge in [0, 0.05) is 16.6 Å². The molecular weight excluding hydrogens is 473 g/mol. The minimum atomic E-state index is -4.58. The van der Waals surface area contributed by atoms with Crippen molar-refractivity contribution >= 4 is 29.3 Å². The second-order valence-electron chi connectivity index (χ2n) is 7.92. The van der Waals surface area contributed by atoms with Gasteiger partial charge in [0.1, 0.15) is 0 Å². The van der Waals surface area contributed by atoms with Crippen LogP contribution in [0.2, 0.25) is 5.02 Å². The van der Waals surface area contributed by atoms with Gasteiger partial charge >= 0.3 is 6.18 Å². The molecule has 1 fully saturated rings. The number of benzene rings is 2. The molecule has 1 atom stereocenters. The van der Waals surface area contributed by atoms with Crippen molar-refractivity contribution in [1.29, 1.82) is 0 Å². The molecule has 0 bridgehead atoms. The summed E-state index contributed by atoms with van der Waals surface area (Å²) in [5.74, 6) is 0.0370. The second kappa shape index (κ2) is 9.77. The fourth-order valence-electron chi connectivity index (χ4n) is 3.89. The summed E-state index contributed by atoms with van der Waals surface area (Å²) in [7, 11) is 0. The van der Waals surface area contributed by atoms with E-state index < -0.39 is 17.0 Å². The first kappa shape index (κ1) is 23.6. The van der Waals surface area contributed by atoms with Crippen molar-refractivity contribution in [1.82, 2.24) is 20.1 Å². The number of amides is 1. The van der Waals surface area contributed by atoms with Crippen molar-refractivity contribution < 1.29 is 18.0 Å². The third-order valence-electron chi connectivity index (χ3n) is 5.52. The lowest BCUT2D eigenvalue weighted by Crippen LogP contribution is -2.37. The van der Waals surface area contributed by atoms with E-state index in [4.69, 9.17) is 11.6 Å². The Balaban J connectivity index is 1.75. The third-order valence-corrected chi connectivity index (χ3v) is 6.80. The number of halogens is 4. The Bertz CT molecular complexity index is 1140. The minimum Gasteiger partial charge on any atom is -0.352 e. The minimum absolute atomic E-state index is 0.115. The lowest BCUT2D eigenvalue weighted by molar-refractivity contribution is -0.137. The van der Waals surface area contributed by atoms with Crippen LogP contribution >= 0.6 is 23.4 Å². The molecule has 1 N–H and O–H groups in total. The summed E-state index contributed by atoms with van der Waals surface area (Å²) >= 11 is 7.19. The van der Waals surface area contributed by atoms with Gasteiger partial charge in [0.05, 0.1) is 16.5 Å². The number of nitrogens with zero attached hydrogens (tertiary/aromatic N) is 3. The Hall–Kier alpha value is -2.52. The average Bonchev–Trinajstić information content (AvgIpc) is 3.43. The van der Waals surface area contributed by atoms with Crippen molar-refractivity contribution in [3.8, 4) is 17.1 Å². The van der Waals surface area contributed by atoms with Crippen molar-refractivity contribution in [2.45, 2.75) is 55.2 Å². The zero-order valence-corrected chi connectivity index (χ0v) is 19.3. The number of carbonyl (C=O) groups excluding carboxylic acids is 1. The van der Waals surface area contributed by atoms with E-state index in [-0.39, 0.29) is 28.6 Å². The molecule has 10 heteroatoms. The number of thioether (sulfide) groups is 1. The average molecular weight is 495 g/mol. The quantitative estimate of drug-likeness (QED) is 0.418. The molecule has 4 rings (SSSR count). The summed E-state index contributed by atoms with van der Waals surface area (Å²) in [5, 5.41) is 11.4. The largest absolute Gasteiger partial charge is 0.418 e. The molecule has 1 heterocycles. The molecule has 1 aliphatic carbocycles. The topological polar surface area (TPSA) is 59.8 Å². The second-order valence-corrected chi connectivity index (χ2v) is 9.66. The normalized spacial score (nSPS) is 15.5. The van der Waals surface area contributed by atoms with E-state index in [1.165, 1.54) is 22.8 Å². The fraction of sp³-hybridized carbons (Fsp3) is 0.348. The van der Waals surface area contributed by atoms with Crippen molar-refractivity contribution in [3.63, 3.8) is 0 Å². The number of aromatic nitrogens is 3. The molecule has 0 spiro atoms. The lowest BCUT2D eigenvalue weighted by Gasteiger charge is -2.19. The highest BCUT2D eigenvalue weighted by molar-refractivity contribution is 8.00. The molecule has 33 heavy (non-hydrogen) atoms. The maximum absolute atomic E-state index is 13.8. The summed E-state index contributed by atoms with van der Waals surface area (Å²) in [6.07, 6.45) is -0.537. The van der Waals surface area contributed by atoms with Crippen molar-refractivity contribution in [2.24, 2.45) is 0 Å². The first-order valence-electron chi connectivity index (χ1n) is 10.6. The number of nitrogens with one attached hydrogen (secondary N) is 1. The van der Waals surface area contributed by atoms with Crippen LogP contribution in [0.15, 0.2) is 53.7 Å². The van der Waals surface area contributed by atoms with Gasteiger partial charge in [-0.3, -0.25) is 9.36 Å². The van der Waals surface area contributed by atoms with Gasteiger partial charge < -0.3 is 5.32 Å². The summed E-state index contributed by atoms with van der Waals surface area (Å²) in [5.41, 5.74) is -0.421. The highest BCUT2D eigenvalue weighted by Gasteiger charge is 2.35. The number of carbonyl (C=O) groups is 1. The number of hydrogen-bond donors (Lipinski definition) is 1. The van der Waals surface area contributed by atoms with Gasteiger partial charge in [-0.15, -0.1) is 10.2 Å². The zero-order chi connectivity index (χ0) is 23.6. The molecule has 1 amide bonds. The molecule has 1 saturated carbocycles. The maximum atomic E-state index is 13.8. The van der Waals surface area contributed by atoms with E-state index in [2.05, 4.69) is 15.5 Å². The molecule has 1 unspecified atom stereocenters. The number of alkyl halides is 3. The van der Waals surface area contributed by atoms with Gasteiger partial charge in [0.2, 0.25) is 5.91 Å². The fourth-order valence-corrected chi connectivity index (χ4v) is 4.95. The summed E-state index contributed by atoms with van der Waals surface area (Å²) < 4.78 is 42.9. The SMILES string of the molecule is CC(Sc1nnc(-c2cccc(Cl)c2)n1-c1ccccc1C(F)(F)F)C(=O)NC1CCCC1. The first-order chi connectivity index (χ1) is 15.7.